The summed E-state index contributed by atoms with van der Waals surface area (Å²) >= 11 is 0. The predicted molar refractivity (Wildman–Crippen MR) is 106 cm³/mol. The zero-order chi connectivity index (χ0) is 21.8. The van der Waals surface area contributed by atoms with Crippen LogP contribution in [0.25, 0.3) is 0 Å². The van der Waals surface area contributed by atoms with Gasteiger partial charge in [0.1, 0.15) is 6.61 Å². The van der Waals surface area contributed by atoms with Gasteiger partial charge in [-0.1, -0.05) is 6.07 Å². The maximum atomic E-state index is 13.1. The van der Waals surface area contributed by atoms with Crippen molar-refractivity contribution in [1.29, 1.82) is 0 Å². The molecule has 4 aliphatic heterocycles. The Labute approximate surface area is 178 Å². The lowest BCUT2D eigenvalue weighted by molar-refractivity contribution is -0.139. The van der Waals surface area contributed by atoms with Gasteiger partial charge in [0.25, 0.3) is 0 Å². The van der Waals surface area contributed by atoms with Crippen LogP contribution in [0.15, 0.2) is 24.3 Å². The molecule has 7 nitrogen and oxygen atoms in total. The van der Waals surface area contributed by atoms with Gasteiger partial charge in [-0.15, -0.1) is 0 Å². The number of hydrogen-bond acceptors (Lipinski definition) is 4. The molecule has 31 heavy (non-hydrogen) atoms. The normalized spacial score (nSPS) is 27.7. The summed E-state index contributed by atoms with van der Waals surface area (Å²) in [4.78, 5) is 30.2. The first-order valence-corrected chi connectivity index (χ1v) is 10.6. The van der Waals surface area contributed by atoms with E-state index < -0.39 is 11.7 Å². The van der Waals surface area contributed by atoms with E-state index >= 15 is 0 Å². The number of likely N-dealkylation sites (tertiary alicyclic amines) is 2. The van der Waals surface area contributed by atoms with Gasteiger partial charge in [-0.05, 0) is 31.0 Å². The van der Waals surface area contributed by atoms with Crippen molar-refractivity contribution in [3.05, 3.63) is 29.8 Å². The van der Waals surface area contributed by atoms with Crippen molar-refractivity contribution in [2.45, 2.75) is 31.2 Å². The van der Waals surface area contributed by atoms with Crippen LogP contribution in [-0.2, 0) is 15.7 Å². The van der Waals surface area contributed by atoms with Crippen molar-refractivity contribution in [3.63, 3.8) is 0 Å². The number of amides is 3. The Balaban J connectivity index is 1.18. The molecule has 0 aromatic heterocycles. The number of morpholine rings is 1. The number of nitrogens with zero attached hydrogens (tertiary/aromatic N) is 3. The smallest absolute Gasteiger partial charge is 0.370 e. The summed E-state index contributed by atoms with van der Waals surface area (Å²) in [6, 6.07) is 5.20. The number of hydrogen-bond donors (Lipinski definition) is 1. The summed E-state index contributed by atoms with van der Waals surface area (Å²) in [7, 11) is 0. The van der Waals surface area contributed by atoms with Crippen LogP contribution in [0, 0.1) is 5.41 Å². The van der Waals surface area contributed by atoms with Gasteiger partial charge < -0.3 is 24.8 Å². The third-order valence-electron chi connectivity index (χ3n) is 6.89. The molecule has 0 aliphatic carbocycles. The molecular formula is C21H25F3N4O3. The first-order chi connectivity index (χ1) is 14.7. The third-order valence-corrected chi connectivity index (χ3v) is 6.89. The van der Waals surface area contributed by atoms with Gasteiger partial charge in [-0.2, -0.15) is 13.2 Å². The summed E-state index contributed by atoms with van der Waals surface area (Å²) in [6.45, 7) is 3.65. The SMILES string of the molecule is O=C1COC2CCN(C(=O)N3CCC4(C3)CN(c3cccc(C(F)(F)F)c3)C4)C[C@H]2N1. The van der Waals surface area contributed by atoms with Crippen molar-refractivity contribution in [3.8, 4) is 0 Å². The number of benzene rings is 1. The van der Waals surface area contributed by atoms with E-state index in [-0.39, 0.29) is 36.1 Å². The highest BCUT2D eigenvalue weighted by Crippen LogP contribution is 2.43. The Bertz CT molecular complexity index is 887. The Kier molecular flexibility index (Phi) is 4.80. The fraction of sp³-hybridized carbons (Fsp3) is 0.619. The van der Waals surface area contributed by atoms with Gasteiger partial charge in [0.15, 0.2) is 0 Å². The number of piperidine rings is 1. The van der Waals surface area contributed by atoms with E-state index in [1.165, 1.54) is 12.1 Å². The number of carbonyl (C=O) groups is 2. The molecule has 0 bridgehead atoms. The Morgan fingerprint density at radius 2 is 1.97 bits per heavy atom. The number of rotatable bonds is 1. The van der Waals surface area contributed by atoms with E-state index in [0.717, 1.165) is 12.5 Å². The van der Waals surface area contributed by atoms with Gasteiger partial charge in [0.2, 0.25) is 5.91 Å². The number of anilines is 1. The second-order valence-corrected chi connectivity index (χ2v) is 9.12. The highest BCUT2D eigenvalue weighted by Gasteiger charge is 2.50. The zero-order valence-electron chi connectivity index (χ0n) is 17.0. The van der Waals surface area contributed by atoms with Crippen LogP contribution in [-0.4, -0.2) is 79.8 Å². The first kappa shape index (κ1) is 20.4. The van der Waals surface area contributed by atoms with E-state index in [1.807, 2.05) is 9.80 Å². The van der Waals surface area contributed by atoms with Crippen LogP contribution in [0.3, 0.4) is 0 Å². The minimum atomic E-state index is -4.36. The second kappa shape index (κ2) is 7.29. The van der Waals surface area contributed by atoms with Gasteiger partial charge in [-0.3, -0.25) is 4.79 Å². The number of ether oxygens (including phenoxy) is 1. The maximum absolute atomic E-state index is 13.1. The third kappa shape index (κ3) is 3.81. The standard InChI is InChI=1S/C21H25F3N4O3/c22-21(23,24)14-2-1-3-15(8-14)28-12-20(13-28)5-7-27(11-20)19(30)26-6-4-17-16(9-26)25-18(29)10-31-17/h1-3,8,16-17H,4-7,9-13H2,(H,25,29)/t16-,17?/m1/s1. The minimum Gasteiger partial charge on any atom is -0.370 e. The monoisotopic (exact) mass is 438 g/mol. The van der Waals surface area contributed by atoms with Crippen LogP contribution >= 0.6 is 0 Å². The highest BCUT2D eigenvalue weighted by molar-refractivity contribution is 5.79. The number of halogens is 3. The van der Waals surface area contributed by atoms with Crippen LogP contribution < -0.4 is 10.2 Å². The zero-order valence-corrected chi connectivity index (χ0v) is 17.0. The van der Waals surface area contributed by atoms with E-state index in [0.29, 0.717) is 51.4 Å². The van der Waals surface area contributed by atoms with E-state index in [4.69, 9.17) is 4.74 Å². The average molecular weight is 438 g/mol. The average Bonchev–Trinajstić information content (AvgIpc) is 3.17. The predicted octanol–water partition coefficient (Wildman–Crippen LogP) is 1.93. The molecule has 0 saturated carbocycles. The molecule has 3 amide bonds. The quantitative estimate of drug-likeness (QED) is 0.728. The molecule has 0 radical (unpaired) electrons. The lowest BCUT2D eigenvalue weighted by Crippen LogP contribution is -2.62. The van der Waals surface area contributed by atoms with Crippen LogP contribution in [0.1, 0.15) is 18.4 Å². The van der Waals surface area contributed by atoms with Crippen molar-refractivity contribution in [1.82, 2.24) is 15.1 Å². The number of alkyl halides is 3. The van der Waals surface area contributed by atoms with Crippen LogP contribution in [0.4, 0.5) is 23.7 Å². The molecule has 4 heterocycles. The van der Waals surface area contributed by atoms with Crippen molar-refractivity contribution < 1.29 is 27.5 Å². The van der Waals surface area contributed by atoms with Crippen molar-refractivity contribution in [2.75, 3.05) is 50.8 Å². The Hall–Kier alpha value is -2.49. The summed E-state index contributed by atoms with van der Waals surface area (Å²) in [6.07, 6.45) is -2.86. The van der Waals surface area contributed by atoms with E-state index in [9.17, 15) is 22.8 Å². The molecule has 5 rings (SSSR count). The van der Waals surface area contributed by atoms with Crippen LogP contribution in [0.5, 0.6) is 0 Å². The largest absolute Gasteiger partial charge is 0.416 e. The molecule has 10 heteroatoms. The number of nitrogens with one attached hydrogen (secondary N) is 1. The highest BCUT2D eigenvalue weighted by atomic mass is 19.4. The molecule has 1 spiro atoms. The van der Waals surface area contributed by atoms with Crippen molar-refractivity contribution >= 4 is 17.6 Å². The minimum absolute atomic E-state index is 0.0346. The number of urea groups is 1. The molecule has 4 aliphatic rings. The summed E-state index contributed by atoms with van der Waals surface area (Å²) in [5.74, 6) is -0.153. The van der Waals surface area contributed by atoms with Crippen LogP contribution in [0.2, 0.25) is 0 Å². The topological polar surface area (TPSA) is 65.1 Å². The van der Waals surface area contributed by atoms with Gasteiger partial charge in [0, 0.05) is 50.4 Å². The summed E-state index contributed by atoms with van der Waals surface area (Å²) in [5.41, 5.74) is -0.138. The lowest BCUT2D eigenvalue weighted by atomic mass is 9.78. The van der Waals surface area contributed by atoms with E-state index in [1.54, 1.807) is 11.0 Å². The fourth-order valence-corrected chi connectivity index (χ4v) is 5.25. The fourth-order valence-electron chi connectivity index (χ4n) is 5.25. The maximum Gasteiger partial charge on any atom is 0.416 e. The molecule has 4 saturated heterocycles. The van der Waals surface area contributed by atoms with Crippen molar-refractivity contribution in [2.24, 2.45) is 5.41 Å². The van der Waals surface area contributed by atoms with Gasteiger partial charge in [-0.25, -0.2) is 4.79 Å². The molecule has 1 aromatic rings. The van der Waals surface area contributed by atoms with Gasteiger partial charge >= 0.3 is 12.2 Å². The van der Waals surface area contributed by atoms with E-state index in [2.05, 4.69) is 5.32 Å². The Morgan fingerprint density at radius 1 is 1.16 bits per heavy atom. The number of carbonyl (C=O) groups excluding carboxylic acids is 2. The first-order valence-electron chi connectivity index (χ1n) is 10.6. The number of fused-ring (bicyclic) bond motifs is 1. The molecule has 4 fully saturated rings. The van der Waals surface area contributed by atoms with Gasteiger partial charge in [0.05, 0.1) is 17.7 Å². The molecule has 2 atom stereocenters. The lowest BCUT2D eigenvalue weighted by Gasteiger charge is -2.49. The molecule has 168 valence electrons. The second-order valence-electron chi connectivity index (χ2n) is 9.12. The summed E-state index contributed by atoms with van der Waals surface area (Å²) in [5, 5.41) is 2.91. The molecule has 1 aromatic carbocycles. The molecule has 1 unspecified atom stereocenters. The Morgan fingerprint density at radius 3 is 2.74 bits per heavy atom. The molecular weight excluding hydrogens is 413 g/mol. The molecule has 1 N–H and O–H groups in total. The summed E-state index contributed by atoms with van der Waals surface area (Å²) < 4.78 is 44.5.